The first-order valence-corrected chi connectivity index (χ1v) is 17.3. The predicted molar refractivity (Wildman–Crippen MR) is 191 cm³/mol. The van der Waals surface area contributed by atoms with Crippen LogP contribution in [0.1, 0.15) is 56.3 Å². The first-order valence-electron chi connectivity index (χ1n) is 17.3. The van der Waals surface area contributed by atoms with Gasteiger partial charge in [-0.15, -0.1) is 0 Å². The maximum atomic E-state index is 14.6. The van der Waals surface area contributed by atoms with E-state index in [1.54, 1.807) is 35.6 Å². The summed E-state index contributed by atoms with van der Waals surface area (Å²) in [5.41, 5.74) is 3.45. The van der Waals surface area contributed by atoms with E-state index in [4.69, 9.17) is 0 Å². The van der Waals surface area contributed by atoms with Gasteiger partial charge in [-0.3, -0.25) is 14.3 Å². The number of pyridine rings is 2. The fourth-order valence-electron chi connectivity index (χ4n) is 7.53. The maximum absolute atomic E-state index is 14.6. The number of aromatic hydroxyl groups is 1. The largest absolute Gasteiger partial charge is 0.508 e. The third kappa shape index (κ3) is 7.19. The van der Waals surface area contributed by atoms with Crippen LogP contribution in [0.4, 0.5) is 8.78 Å². The lowest BCUT2D eigenvalue weighted by molar-refractivity contribution is 0.138. The Morgan fingerprint density at radius 3 is 2.57 bits per heavy atom. The van der Waals surface area contributed by atoms with Gasteiger partial charge in [-0.2, -0.15) is 0 Å². The van der Waals surface area contributed by atoms with Gasteiger partial charge < -0.3 is 14.6 Å². The normalized spacial score (nSPS) is 17.1. The molecular weight excluding hydrogens is 654 g/mol. The van der Waals surface area contributed by atoms with Gasteiger partial charge in [0.15, 0.2) is 5.65 Å². The molecule has 2 aromatic carbocycles. The number of phenolic OH excluding ortho intramolecular Hbond substituents is 1. The number of fused-ring (bicyclic) bond motifs is 2. The number of aliphatic hydroxyl groups excluding tert-OH is 1. The Balaban J connectivity index is 1.19. The summed E-state index contributed by atoms with van der Waals surface area (Å²) in [4.78, 5) is 39.1. The number of likely N-dealkylation sites (N-methyl/N-ethyl adjacent to an activating group) is 1. The highest BCUT2D eigenvalue weighted by Crippen LogP contribution is 2.34. The van der Waals surface area contributed by atoms with Crippen molar-refractivity contribution in [3.8, 4) is 22.6 Å². The van der Waals surface area contributed by atoms with Crippen LogP contribution in [0.2, 0.25) is 0 Å². The second kappa shape index (κ2) is 14.2. The molecule has 12 heteroatoms. The average Bonchev–Trinajstić information content (AvgIpc) is 3.50. The van der Waals surface area contributed by atoms with Crippen molar-refractivity contribution in [2.24, 2.45) is 5.92 Å². The fraction of sp³-hybridized carbons (Fsp3) is 0.333. The minimum atomic E-state index is -0.668. The van der Waals surface area contributed by atoms with Crippen molar-refractivity contribution < 1.29 is 19.0 Å². The standard InChI is InChI=1S/C39H40F2N6O4/c1-24(48)20-44(2)21-27-17-33(49)13-14-34(27)26-4-3-5-32(16-26)46-37-35(18-29(41)19-42-37)38(50)47(39(46)51)31-11-7-25(8-12-31)6-10-30-23-45-22-28(40)9-15-36(45)43-30/h3-5,9,13-19,22-25,31,48-49H,6-8,10-12,20-21H2,1-2H3/t24-,25?,31?/m1/s1. The molecule has 0 spiro atoms. The molecule has 1 atom stereocenters. The zero-order valence-corrected chi connectivity index (χ0v) is 28.5. The Morgan fingerprint density at radius 2 is 1.78 bits per heavy atom. The topological polar surface area (TPSA) is 118 Å². The lowest BCUT2D eigenvalue weighted by atomic mass is 9.83. The number of hydrogen-bond acceptors (Lipinski definition) is 7. The van der Waals surface area contributed by atoms with E-state index in [0.29, 0.717) is 43.2 Å². The van der Waals surface area contributed by atoms with Crippen molar-refractivity contribution in [3.05, 3.63) is 123 Å². The quantitative estimate of drug-likeness (QED) is 0.180. The van der Waals surface area contributed by atoms with Crippen LogP contribution in [0, 0.1) is 17.6 Å². The van der Waals surface area contributed by atoms with Gasteiger partial charge >= 0.3 is 5.69 Å². The van der Waals surface area contributed by atoms with Crippen LogP contribution in [0.5, 0.6) is 5.75 Å². The summed E-state index contributed by atoms with van der Waals surface area (Å²) in [7, 11) is 1.88. The number of benzene rings is 2. The molecule has 0 aliphatic heterocycles. The second-order valence-corrected chi connectivity index (χ2v) is 13.8. The Labute approximate surface area is 292 Å². The van der Waals surface area contributed by atoms with E-state index < -0.39 is 23.2 Å². The molecular formula is C39H40F2N6O4. The van der Waals surface area contributed by atoms with Crippen molar-refractivity contribution in [2.75, 3.05) is 13.6 Å². The van der Waals surface area contributed by atoms with Gasteiger partial charge in [-0.25, -0.2) is 28.1 Å². The molecule has 1 saturated carbocycles. The van der Waals surface area contributed by atoms with Gasteiger partial charge in [0.1, 0.15) is 23.0 Å². The molecule has 0 amide bonds. The zero-order chi connectivity index (χ0) is 35.8. The van der Waals surface area contributed by atoms with E-state index in [-0.39, 0.29) is 28.6 Å². The summed E-state index contributed by atoms with van der Waals surface area (Å²) in [5, 5.41) is 20.2. The lowest BCUT2D eigenvalue weighted by Crippen LogP contribution is -2.43. The molecule has 2 N–H and O–H groups in total. The van der Waals surface area contributed by atoms with Gasteiger partial charge in [-0.1, -0.05) is 18.2 Å². The number of aromatic nitrogens is 5. The molecule has 4 aromatic heterocycles. The summed E-state index contributed by atoms with van der Waals surface area (Å²) in [6, 6.07) is 16.2. The van der Waals surface area contributed by atoms with Crippen LogP contribution in [0.3, 0.4) is 0 Å². The minimum Gasteiger partial charge on any atom is -0.508 e. The Bertz CT molecular complexity index is 2340. The number of halogens is 2. The molecule has 0 radical (unpaired) electrons. The molecule has 0 unspecified atom stereocenters. The van der Waals surface area contributed by atoms with Crippen molar-refractivity contribution in [1.82, 2.24) is 28.4 Å². The van der Waals surface area contributed by atoms with E-state index in [1.807, 2.05) is 42.4 Å². The van der Waals surface area contributed by atoms with Crippen molar-refractivity contribution in [2.45, 2.75) is 64.1 Å². The highest BCUT2D eigenvalue weighted by molar-refractivity contribution is 5.77. The van der Waals surface area contributed by atoms with E-state index >= 15 is 0 Å². The number of aliphatic hydroxyl groups is 1. The minimum absolute atomic E-state index is 0.0236. The van der Waals surface area contributed by atoms with Crippen molar-refractivity contribution in [3.63, 3.8) is 0 Å². The predicted octanol–water partition coefficient (Wildman–Crippen LogP) is 6.02. The molecule has 0 bridgehead atoms. The second-order valence-electron chi connectivity index (χ2n) is 13.8. The van der Waals surface area contributed by atoms with Crippen LogP contribution in [-0.2, 0) is 13.0 Å². The molecule has 10 nitrogen and oxygen atoms in total. The Hall–Kier alpha value is -5.20. The number of imidazole rings is 1. The first kappa shape index (κ1) is 34.3. The molecule has 6 aromatic rings. The summed E-state index contributed by atoms with van der Waals surface area (Å²) in [6.45, 7) is 2.60. The Morgan fingerprint density at radius 1 is 0.980 bits per heavy atom. The molecule has 264 valence electrons. The number of hydrogen-bond donors (Lipinski definition) is 2. The monoisotopic (exact) mass is 694 g/mol. The summed E-state index contributed by atoms with van der Waals surface area (Å²) in [5.74, 6) is -0.509. The van der Waals surface area contributed by atoms with Gasteiger partial charge in [-0.05, 0) is 118 Å². The maximum Gasteiger partial charge on any atom is 0.337 e. The van der Waals surface area contributed by atoms with E-state index in [9.17, 15) is 28.6 Å². The smallest absolute Gasteiger partial charge is 0.337 e. The van der Waals surface area contributed by atoms with Crippen molar-refractivity contribution in [1.29, 1.82) is 0 Å². The lowest BCUT2D eigenvalue weighted by Gasteiger charge is -2.30. The highest BCUT2D eigenvalue weighted by Gasteiger charge is 2.27. The SMILES string of the molecule is C[C@@H](O)CN(C)Cc1cc(O)ccc1-c1cccc(-n2c(=O)n(C3CCC(CCc4cn5cc(F)ccc5n4)CC3)c(=O)c3cc(F)cnc32)c1. The molecule has 1 aliphatic carbocycles. The Kier molecular flexibility index (Phi) is 9.54. The zero-order valence-electron chi connectivity index (χ0n) is 28.5. The van der Waals surface area contributed by atoms with Gasteiger partial charge in [0, 0.05) is 31.5 Å². The van der Waals surface area contributed by atoms with Gasteiger partial charge in [0.05, 0.1) is 29.1 Å². The molecule has 4 heterocycles. The fourth-order valence-corrected chi connectivity index (χ4v) is 7.53. The van der Waals surface area contributed by atoms with Crippen LogP contribution >= 0.6 is 0 Å². The van der Waals surface area contributed by atoms with E-state index in [2.05, 4.69) is 9.97 Å². The number of phenols is 1. The number of nitrogens with zero attached hydrogens (tertiary/aromatic N) is 6. The molecule has 51 heavy (non-hydrogen) atoms. The first-order chi connectivity index (χ1) is 24.5. The molecule has 1 aliphatic rings. The summed E-state index contributed by atoms with van der Waals surface area (Å²) < 4.78 is 32.6. The van der Waals surface area contributed by atoms with E-state index in [0.717, 1.165) is 60.3 Å². The van der Waals surface area contributed by atoms with Gasteiger partial charge in [0.2, 0.25) is 0 Å². The third-order valence-corrected chi connectivity index (χ3v) is 9.87. The average molecular weight is 695 g/mol. The third-order valence-electron chi connectivity index (χ3n) is 9.87. The molecule has 0 saturated heterocycles. The van der Waals surface area contributed by atoms with Crippen LogP contribution < -0.4 is 11.2 Å². The highest BCUT2D eigenvalue weighted by atomic mass is 19.1. The van der Waals surface area contributed by atoms with Crippen LogP contribution in [-0.4, -0.2) is 58.3 Å². The van der Waals surface area contributed by atoms with E-state index in [1.165, 1.54) is 21.4 Å². The number of rotatable bonds is 10. The van der Waals surface area contributed by atoms with Crippen LogP contribution in [0.25, 0.3) is 33.5 Å². The van der Waals surface area contributed by atoms with Gasteiger partial charge in [0.25, 0.3) is 5.56 Å². The summed E-state index contributed by atoms with van der Waals surface area (Å²) >= 11 is 0. The molecule has 1 fully saturated rings. The number of aryl methyl sites for hydroxylation is 1. The van der Waals surface area contributed by atoms with Crippen molar-refractivity contribution >= 4 is 16.7 Å². The molecule has 7 rings (SSSR count). The summed E-state index contributed by atoms with van der Waals surface area (Å²) in [6.07, 6.45) is 8.19. The van der Waals surface area contributed by atoms with Crippen LogP contribution in [0.15, 0.2) is 88.8 Å².